The first-order valence-corrected chi connectivity index (χ1v) is 5.73. The summed E-state index contributed by atoms with van der Waals surface area (Å²) in [6.07, 6.45) is -0.229. The van der Waals surface area contributed by atoms with Gasteiger partial charge in [-0.25, -0.2) is 22.9 Å². The summed E-state index contributed by atoms with van der Waals surface area (Å²) < 4.78 is 44.2. The molecule has 0 fully saturated rings. The number of carbonyl (C=O) groups is 1. The van der Waals surface area contributed by atoms with Crippen LogP contribution < -0.4 is 0 Å². The van der Waals surface area contributed by atoms with Crippen molar-refractivity contribution in [1.29, 1.82) is 0 Å². The van der Waals surface area contributed by atoms with E-state index in [0.717, 1.165) is 6.07 Å². The zero-order chi connectivity index (χ0) is 14.7. The number of nitrogens with one attached hydrogen (secondary N) is 1. The van der Waals surface area contributed by atoms with Gasteiger partial charge in [0.15, 0.2) is 11.6 Å². The Bertz CT molecular complexity index is 643. The van der Waals surface area contributed by atoms with E-state index in [1.165, 1.54) is 0 Å². The SMILES string of the molecule is CCOC(=O)c1n[nH]c(Cc2cc(F)cc(F)c2F)n1. The van der Waals surface area contributed by atoms with E-state index in [1.807, 2.05) is 0 Å². The van der Waals surface area contributed by atoms with Crippen molar-refractivity contribution in [3.8, 4) is 0 Å². The van der Waals surface area contributed by atoms with Gasteiger partial charge in [-0.05, 0) is 13.0 Å². The molecular formula is C12H10F3N3O2. The molecule has 0 spiro atoms. The number of nitrogens with zero attached hydrogens (tertiary/aromatic N) is 2. The highest BCUT2D eigenvalue weighted by Gasteiger charge is 2.16. The minimum Gasteiger partial charge on any atom is -0.460 e. The second kappa shape index (κ2) is 5.72. The minimum absolute atomic E-state index is 0.0944. The van der Waals surface area contributed by atoms with Crippen LogP contribution in [0.5, 0.6) is 0 Å². The third-order valence-electron chi connectivity index (χ3n) is 2.42. The zero-order valence-corrected chi connectivity index (χ0v) is 10.4. The molecule has 0 aliphatic heterocycles. The van der Waals surface area contributed by atoms with E-state index in [-0.39, 0.29) is 30.2 Å². The molecule has 1 heterocycles. The Labute approximate surface area is 111 Å². The van der Waals surface area contributed by atoms with Crippen molar-refractivity contribution in [2.75, 3.05) is 6.61 Å². The highest BCUT2D eigenvalue weighted by Crippen LogP contribution is 2.16. The van der Waals surface area contributed by atoms with Crippen LogP contribution in [0.2, 0.25) is 0 Å². The van der Waals surface area contributed by atoms with Gasteiger partial charge in [-0.3, -0.25) is 5.10 Å². The largest absolute Gasteiger partial charge is 0.460 e. The first-order valence-electron chi connectivity index (χ1n) is 5.73. The number of ether oxygens (including phenoxy) is 1. The summed E-state index contributed by atoms with van der Waals surface area (Å²) >= 11 is 0. The summed E-state index contributed by atoms with van der Waals surface area (Å²) in [5, 5.41) is 5.97. The second-order valence-electron chi connectivity index (χ2n) is 3.86. The molecule has 20 heavy (non-hydrogen) atoms. The molecule has 2 aromatic rings. The molecular weight excluding hydrogens is 275 g/mol. The third-order valence-corrected chi connectivity index (χ3v) is 2.42. The van der Waals surface area contributed by atoms with E-state index >= 15 is 0 Å². The number of esters is 1. The molecule has 2 rings (SSSR count). The molecule has 0 saturated heterocycles. The molecule has 0 saturated carbocycles. The predicted molar refractivity (Wildman–Crippen MR) is 61.5 cm³/mol. The van der Waals surface area contributed by atoms with Crippen LogP contribution in [-0.2, 0) is 11.2 Å². The van der Waals surface area contributed by atoms with Gasteiger partial charge in [-0.15, -0.1) is 5.10 Å². The Morgan fingerprint density at radius 3 is 2.80 bits per heavy atom. The molecule has 0 aliphatic carbocycles. The third kappa shape index (κ3) is 2.95. The van der Waals surface area contributed by atoms with Gasteiger partial charge in [0.1, 0.15) is 11.6 Å². The fraction of sp³-hybridized carbons (Fsp3) is 0.250. The van der Waals surface area contributed by atoms with Crippen molar-refractivity contribution in [2.45, 2.75) is 13.3 Å². The monoisotopic (exact) mass is 285 g/mol. The van der Waals surface area contributed by atoms with Crippen LogP contribution in [-0.4, -0.2) is 27.8 Å². The average Bonchev–Trinajstić information content (AvgIpc) is 2.84. The van der Waals surface area contributed by atoms with Gasteiger partial charge in [0.2, 0.25) is 0 Å². The van der Waals surface area contributed by atoms with E-state index in [1.54, 1.807) is 6.92 Å². The molecule has 1 N–H and O–H groups in total. The average molecular weight is 285 g/mol. The van der Waals surface area contributed by atoms with Crippen molar-refractivity contribution in [2.24, 2.45) is 0 Å². The van der Waals surface area contributed by atoms with Gasteiger partial charge >= 0.3 is 5.97 Å². The van der Waals surface area contributed by atoms with Crippen LogP contribution in [0.4, 0.5) is 13.2 Å². The van der Waals surface area contributed by atoms with Crippen LogP contribution in [0, 0.1) is 17.5 Å². The van der Waals surface area contributed by atoms with Crippen LogP contribution in [0.15, 0.2) is 12.1 Å². The Morgan fingerprint density at radius 2 is 2.10 bits per heavy atom. The molecule has 1 aromatic heterocycles. The second-order valence-corrected chi connectivity index (χ2v) is 3.86. The lowest BCUT2D eigenvalue weighted by Crippen LogP contribution is -2.07. The van der Waals surface area contributed by atoms with E-state index in [2.05, 4.69) is 19.9 Å². The normalized spacial score (nSPS) is 10.6. The van der Waals surface area contributed by atoms with Gasteiger partial charge in [-0.1, -0.05) is 0 Å². The number of hydrogen-bond donors (Lipinski definition) is 1. The summed E-state index contributed by atoms with van der Waals surface area (Å²) in [4.78, 5) is 15.1. The number of hydrogen-bond acceptors (Lipinski definition) is 4. The van der Waals surface area contributed by atoms with Crippen molar-refractivity contribution >= 4 is 5.97 Å². The maximum absolute atomic E-state index is 13.5. The molecule has 8 heteroatoms. The highest BCUT2D eigenvalue weighted by atomic mass is 19.2. The van der Waals surface area contributed by atoms with Gasteiger partial charge < -0.3 is 4.74 Å². The summed E-state index contributed by atoms with van der Waals surface area (Å²) in [6.45, 7) is 1.78. The number of benzene rings is 1. The standard InChI is InChI=1S/C12H10F3N3O2/c1-2-20-12(19)11-16-9(17-18-11)4-6-3-7(13)5-8(14)10(6)15/h3,5H,2,4H2,1H3,(H,16,17,18). The Hall–Kier alpha value is -2.38. The van der Waals surface area contributed by atoms with E-state index in [9.17, 15) is 18.0 Å². The lowest BCUT2D eigenvalue weighted by Gasteiger charge is -2.02. The van der Waals surface area contributed by atoms with E-state index in [0.29, 0.717) is 6.07 Å². The lowest BCUT2D eigenvalue weighted by atomic mass is 10.1. The summed E-state index contributed by atoms with van der Waals surface area (Å²) in [6, 6.07) is 1.30. The van der Waals surface area contributed by atoms with Crippen molar-refractivity contribution in [3.05, 3.63) is 46.8 Å². The number of aromatic nitrogens is 3. The fourth-order valence-electron chi connectivity index (χ4n) is 1.58. The van der Waals surface area contributed by atoms with Crippen molar-refractivity contribution in [1.82, 2.24) is 15.2 Å². The lowest BCUT2D eigenvalue weighted by molar-refractivity contribution is 0.0512. The van der Waals surface area contributed by atoms with Crippen LogP contribution in [0.3, 0.4) is 0 Å². The molecule has 106 valence electrons. The van der Waals surface area contributed by atoms with E-state index < -0.39 is 23.4 Å². The molecule has 0 unspecified atom stereocenters. The van der Waals surface area contributed by atoms with Gasteiger partial charge in [0.05, 0.1) is 6.61 Å². The zero-order valence-electron chi connectivity index (χ0n) is 10.4. The molecule has 0 bridgehead atoms. The highest BCUT2D eigenvalue weighted by molar-refractivity contribution is 5.84. The minimum atomic E-state index is -1.29. The number of rotatable bonds is 4. The Balaban J connectivity index is 2.21. The first-order chi connectivity index (χ1) is 9.51. The molecule has 0 atom stereocenters. The van der Waals surface area contributed by atoms with Crippen molar-refractivity contribution < 1.29 is 22.7 Å². The quantitative estimate of drug-likeness (QED) is 0.689. The van der Waals surface area contributed by atoms with Gasteiger partial charge in [0, 0.05) is 18.1 Å². The molecule has 5 nitrogen and oxygen atoms in total. The van der Waals surface area contributed by atoms with Gasteiger partial charge in [-0.2, -0.15) is 0 Å². The first kappa shape index (κ1) is 14.0. The maximum Gasteiger partial charge on any atom is 0.378 e. The number of carbonyl (C=O) groups excluding carboxylic acids is 1. The summed E-state index contributed by atoms with van der Waals surface area (Å²) in [5.74, 6) is -4.22. The van der Waals surface area contributed by atoms with Gasteiger partial charge in [0.25, 0.3) is 5.82 Å². The fourth-order valence-corrected chi connectivity index (χ4v) is 1.58. The summed E-state index contributed by atoms with van der Waals surface area (Å²) in [7, 11) is 0. The number of aromatic amines is 1. The van der Waals surface area contributed by atoms with Crippen LogP contribution in [0.25, 0.3) is 0 Å². The predicted octanol–water partition coefficient (Wildman–Crippen LogP) is 1.99. The molecule has 0 radical (unpaired) electrons. The summed E-state index contributed by atoms with van der Waals surface area (Å²) in [5.41, 5.74) is -0.228. The Kier molecular flexibility index (Phi) is 4.02. The van der Waals surface area contributed by atoms with E-state index in [4.69, 9.17) is 0 Å². The maximum atomic E-state index is 13.5. The smallest absolute Gasteiger partial charge is 0.378 e. The van der Waals surface area contributed by atoms with Crippen LogP contribution >= 0.6 is 0 Å². The Morgan fingerprint density at radius 1 is 1.35 bits per heavy atom. The number of H-pyrrole nitrogens is 1. The van der Waals surface area contributed by atoms with Crippen LogP contribution in [0.1, 0.15) is 28.9 Å². The number of halogens is 3. The molecule has 1 aromatic carbocycles. The topological polar surface area (TPSA) is 67.9 Å². The van der Waals surface area contributed by atoms with Crippen molar-refractivity contribution in [3.63, 3.8) is 0 Å². The molecule has 0 amide bonds. The molecule has 0 aliphatic rings.